The summed E-state index contributed by atoms with van der Waals surface area (Å²) in [5.74, 6) is 4.20. The zero-order chi connectivity index (χ0) is 21.5. The molecule has 156 valence electrons. The van der Waals surface area contributed by atoms with Crippen LogP contribution in [0.15, 0.2) is 36.4 Å². The highest BCUT2D eigenvalue weighted by molar-refractivity contribution is 7.17. The molecular formula is C23H25N3O3S. The van der Waals surface area contributed by atoms with Crippen LogP contribution in [-0.2, 0) is 19.4 Å². The highest BCUT2D eigenvalue weighted by Crippen LogP contribution is 2.44. The number of amides is 1. The lowest BCUT2D eigenvalue weighted by Crippen LogP contribution is -2.24. The third kappa shape index (κ3) is 3.84. The van der Waals surface area contributed by atoms with Crippen LogP contribution in [0.1, 0.15) is 57.0 Å². The molecule has 0 atom stereocenters. The number of carboxylic acids is 1. The minimum Gasteiger partial charge on any atom is -0.478 e. The van der Waals surface area contributed by atoms with Gasteiger partial charge in [0.15, 0.2) is 0 Å². The number of carbonyl (C=O) groups excluding carboxylic acids is 1. The van der Waals surface area contributed by atoms with Gasteiger partial charge >= 0.3 is 5.97 Å². The fraction of sp³-hybridized carbons (Fsp3) is 0.304. The van der Waals surface area contributed by atoms with Gasteiger partial charge in [-0.25, -0.2) is 4.79 Å². The molecular weight excluding hydrogens is 398 g/mol. The molecule has 1 aliphatic rings. The lowest BCUT2D eigenvalue weighted by atomic mass is 9.76. The summed E-state index contributed by atoms with van der Waals surface area (Å²) in [5, 5.41) is 15.1. The molecule has 0 saturated carbocycles. The fourth-order valence-electron chi connectivity index (χ4n) is 4.16. The second-order valence-electron chi connectivity index (χ2n) is 8.55. The zero-order valence-corrected chi connectivity index (χ0v) is 17.9. The Morgan fingerprint density at radius 1 is 1.20 bits per heavy atom. The van der Waals surface area contributed by atoms with Crippen molar-refractivity contribution in [2.24, 2.45) is 11.3 Å². The number of hydrogen-bond donors (Lipinski definition) is 4. The highest BCUT2D eigenvalue weighted by Gasteiger charge is 2.33. The number of aromatic carboxylic acids is 1. The van der Waals surface area contributed by atoms with Crippen LogP contribution in [-0.4, -0.2) is 17.0 Å². The molecule has 1 aromatic heterocycles. The summed E-state index contributed by atoms with van der Waals surface area (Å²) in [7, 11) is 0. The van der Waals surface area contributed by atoms with Crippen LogP contribution in [0.25, 0.3) is 10.8 Å². The van der Waals surface area contributed by atoms with Gasteiger partial charge in [-0.2, -0.15) is 0 Å². The summed E-state index contributed by atoms with van der Waals surface area (Å²) >= 11 is 1.38. The first-order chi connectivity index (χ1) is 14.3. The van der Waals surface area contributed by atoms with E-state index in [1.807, 2.05) is 36.4 Å². The van der Waals surface area contributed by atoms with E-state index in [9.17, 15) is 14.7 Å². The first-order valence-electron chi connectivity index (χ1n) is 9.93. The summed E-state index contributed by atoms with van der Waals surface area (Å²) < 4.78 is 0. The van der Waals surface area contributed by atoms with E-state index in [4.69, 9.17) is 5.84 Å². The Morgan fingerprint density at radius 2 is 1.90 bits per heavy atom. The smallest absolute Gasteiger partial charge is 0.339 e. The number of nitrogens with one attached hydrogen (secondary N) is 2. The minimum atomic E-state index is -0.997. The number of fused-ring (bicyclic) bond motifs is 2. The van der Waals surface area contributed by atoms with E-state index in [1.54, 1.807) is 0 Å². The topological polar surface area (TPSA) is 104 Å². The predicted molar refractivity (Wildman–Crippen MR) is 120 cm³/mol. The van der Waals surface area contributed by atoms with Crippen molar-refractivity contribution in [2.45, 2.75) is 39.7 Å². The van der Waals surface area contributed by atoms with Crippen molar-refractivity contribution in [1.82, 2.24) is 5.43 Å². The minimum absolute atomic E-state index is 0.0534. The van der Waals surface area contributed by atoms with Gasteiger partial charge in [0.1, 0.15) is 5.00 Å². The van der Waals surface area contributed by atoms with Crippen LogP contribution >= 0.6 is 11.3 Å². The van der Waals surface area contributed by atoms with Gasteiger partial charge in [0.05, 0.1) is 5.56 Å². The molecule has 30 heavy (non-hydrogen) atoms. The second kappa shape index (κ2) is 7.83. The van der Waals surface area contributed by atoms with E-state index in [2.05, 4.69) is 24.6 Å². The van der Waals surface area contributed by atoms with Crippen molar-refractivity contribution in [3.8, 4) is 0 Å². The molecule has 1 aliphatic carbocycles. The average molecular weight is 424 g/mol. The SMILES string of the molecule is CC1(C)CCc2sc(NC(=O)c3cc4ccccc4cc3CNN)c(C(=O)O)c2C1. The van der Waals surface area contributed by atoms with Crippen molar-refractivity contribution in [3.63, 3.8) is 0 Å². The number of benzene rings is 2. The van der Waals surface area contributed by atoms with Gasteiger partial charge in [0.25, 0.3) is 5.91 Å². The quantitative estimate of drug-likeness (QED) is 0.361. The van der Waals surface area contributed by atoms with Gasteiger partial charge in [-0.05, 0) is 58.7 Å². The number of aryl methyl sites for hydroxylation is 1. The molecule has 3 aromatic rings. The van der Waals surface area contributed by atoms with E-state index in [1.165, 1.54) is 11.3 Å². The number of carboxylic acid groups (broad SMARTS) is 1. The molecule has 0 bridgehead atoms. The number of anilines is 1. The molecule has 0 spiro atoms. The monoisotopic (exact) mass is 423 g/mol. The van der Waals surface area contributed by atoms with Gasteiger partial charge in [-0.3, -0.25) is 16.1 Å². The van der Waals surface area contributed by atoms with Gasteiger partial charge in [-0.1, -0.05) is 38.1 Å². The molecule has 4 rings (SSSR count). The Kier molecular flexibility index (Phi) is 5.36. The number of hydrazine groups is 1. The van der Waals surface area contributed by atoms with E-state index in [0.717, 1.165) is 39.6 Å². The summed E-state index contributed by atoms with van der Waals surface area (Å²) in [4.78, 5) is 26.3. The Balaban J connectivity index is 1.74. The third-order valence-corrected chi connectivity index (χ3v) is 6.93. The third-order valence-electron chi connectivity index (χ3n) is 5.72. The number of rotatable bonds is 5. The summed E-state index contributed by atoms with van der Waals surface area (Å²) in [6.45, 7) is 4.63. The lowest BCUT2D eigenvalue weighted by molar-refractivity contribution is 0.0696. The molecule has 0 saturated heterocycles. The number of hydrogen-bond acceptors (Lipinski definition) is 5. The van der Waals surface area contributed by atoms with Crippen LogP contribution < -0.4 is 16.6 Å². The zero-order valence-electron chi connectivity index (χ0n) is 17.0. The molecule has 7 heteroatoms. The van der Waals surface area contributed by atoms with Gasteiger partial charge < -0.3 is 10.4 Å². The Hall–Kier alpha value is -2.74. The first kappa shape index (κ1) is 20.5. The maximum Gasteiger partial charge on any atom is 0.339 e. The van der Waals surface area contributed by atoms with Crippen molar-refractivity contribution in [2.75, 3.05) is 5.32 Å². The first-order valence-corrected chi connectivity index (χ1v) is 10.7. The normalized spacial score (nSPS) is 15.0. The molecule has 0 aliphatic heterocycles. The van der Waals surface area contributed by atoms with Crippen molar-refractivity contribution in [3.05, 3.63) is 63.5 Å². The van der Waals surface area contributed by atoms with E-state index in [-0.39, 0.29) is 16.9 Å². The number of carbonyl (C=O) groups is 2. The van der Waals surface area contributed by atoms with Crippen molar-refractivity contribution < 1.29 is 14.7 Å². The van der Waals surface area contributed by atoms with Crippen LogP contribution in [0.2, 0.25) is 0 Å². The van der Waals surface area contributed by atoms with E-state index in [0.29, 0.717) is 23.5 Å². The lowest BCUT2D eigenvalue weighted by Gasteiger charge is -2.29. The van der Waals surface area contributed by atoms with Gasteiger partial charge in [-0.15, -0.1) is 11.3 Å². The van der Waals surface area contributed by atoms with E-state index < -0.39 is 5.97 Å². The summed E-state index contributed by atoms with van der Waals surface area (Å²) in [6, 6.07) is 11.6. The summed E-state index contributed by atoms with van der Waals surface area (Å²) in [6.07, 6.45) is 2.54. The molecule has 5 N–H and O–H groups in total. The molecule has 0 fully saturated rings. The molecule has 6 nitrogen and oxygen atoms in total. The number of thiophene rings is 1. The molecule has 1 heterocycles. The predicted octanol–water partition coefficient (Wildman–Crippen LogP) is 4.33. The van der Waals surface area contributed by atoms with Crippen LogP contribution in [0.3, 0.4) is 0 Å². The molecule has 2 aromatic carbocycles. The fourth-order valence-corrected chi connectivity index (χ4v) is 5.36. The van der Waals surface area contributed by atoms with Crippen LogP contribution in [0, 0.1) is 5.41 Å². The van der Waals surface area contributed by atoms with Gasteiger partial charge in [0, 0.05) is 17.0 Å². The molecule has 0 unspecified atom stereocenters. The maximum absolute atomic E-state index is 13.2. The van der Waals surface area contributed by atoms with Crippen molar-refractivity contribution >= 4 is 39.0 Å². The van der Waals surface area contributed by atoms with Crippen molar-refractivity contribution in [1.29, 1.82) is 0 Å². The second-order valence-corrected chi connectivity index (χ2v) is 9.65. The number of nitrogens with two attached hydrogens (primary N) is 1. The van der Waals surface area contributed by atoms with Gasteiger partial charge in [0.2, 0.25) is 0 Å². The molecule has 1 amide bonds. The Labute approximate surface area is 179 Å². The largest absolute Gasteiger partial charge is 0.478 e. The Morgan fingerprint density at radius 3 is 2.57 bits per heavy atom. The standard InChI is InChI=1S/C23H25N3O3S/c1-23(2)8-7-18-17(11-23)19(22(28)29)21(30-18)26-20(27)16-10-14-6-4-3-5-13(14)9-15(16)12-25-24/h3-6,9-10,25H,7-8,11-12,24H2,1-2H3,(H,26,27)(H,28,29). The Bertz CT molecular complexity index is 1150. The van der Waals surface area contributed by atoms with E-state index >= 15 is 0 Å². The summed E-state index contributed by atoms with van der Waals surface area (Å²) in [5.41, 5.74) is 5.00. The van der Waals surface area contributed by atoms with Crippen LogP contribution in [0.4, 0.5) is 5.00 Å². The van der Waals surface area contributed by atoms with Crippen LogP contribution in [0.5, 0.6) is 0 Å². The average Bonchev–Trinajstić information content (AvgIpc) is 3.03. The maximum atomic E-state index is 13.2. The molecule has 0 radical (unpaired) electrons. The highest BCUT2D eigenvalue weighted by atomic mass is 32.1.